The maximum absolute atomic E-state index is 13.4. The summed E-state index contributed by atoms with van der Waals surface area (Å²) in [4.78, 5) is 15.2. The van der Waals surface area contributed by atoms with E-state index < -0.39 is 14.9 Å². The molecule has 11 heteroatoms. The molecule has 1 atom stereocenters. The Balaban J connectivity index is 1.63. The number of nitro benzene ring substituents is 1. The summed E-state index contributed by atoms with van der Waals surface area (Å²) in [5.41, 5.74) is 4.54. The van der Waals surface area contributed by atoms with Gasteiger partial charge in [-0.25, -0.2) is 13.1 Å². The Morgan fingerprint density at radius 1 is 1.06 bits per heavy atom. The number of fused-ring (bicyclic) bond motifs is 1. The van der Waals surface area contributed by atoms with E-state index in [0.717, 1.165) is 44.7 Å². The molecular weight excluding hydrogens is 472 g/mol. The largest absolute Gasteiger partial charge is 0.495 e. The van der Waals surface area contributed by atoms with E-state index in [2.05, 4.69) is 40.6 Å². The third-order valence-electron chi connectivity index (χ3n) is 6.95. The van der Waals surface area contributed by atoms with Crippen molar-refractivity contribution in [3.05, 3.63) is 51.1 Å². The molecule has 190 valence electrons. The van der Waals surface area contributed by atoms with E-state index in [1.165, 1.54) is 36.6 Å². The first kappa shape index (κ1) is 25.2. The number of methoxy groups -OCH3 is 2. The van der Waals surface area contributed by atoms with Crippen LogP contribution in [-0.4, -0.2) is 71.7 Å². The summed E-state index contributed by atoms with van der Waals surface area (Å²) in [5, 5.41) is 11.3. The third kappa shape index (κ3) is 5.07. The first-order valence-corrected chi connectivity index (χ1v) is 13.1. The highest BCUT2D eigenvalue weighted by Gasteiger charge is 2.32. The fourth-order valence-corrected chi connectivity index (χ4v) is 6.41. The zero-order valence-electron chi connectivity index (χ0n) is 20.5. The number of nitro groups is 1. The lowest BCUT2D eigenvalue weighted by atomic mass is 9.84. The minimum absolute atomic E-state index is 0.102. The fraction of sp³-hybridized carbons (Fsp3) is 0.500. The fourth-order valence-electron chi connectivity index (χ4n) is 4.97. The topological polar surface area (TPSA) is 114 Å². The van der Waals surface area contributed by atoms with Gasteiger partial charge in [0.05, 0.1) is 25.2 Å². The first-order valence-electron chi connectivity index (χ1n) is 11.6. The van der Waals surface area contributed by atoms with Gasteiger partial charge in [0.25, 0.3) is 0 Å². The molecule has 2 aromatic carbocycles. The summed E-state index contributed by atoms with van der Waals surface area (Å²) in [6.07, 6.45) is 2.01. The molecule has 1 aliphatic carbocycles. The van der Waals surface area contributed by atoms with Gasteiger partial charge in [-0.1, -0.05) is 6.07 Å². The minimum atomic E-state index is -4.03. The van der Waals surface area contributed by atoms with Gasteiger partial charge in [0.1, 0.15) is 10.6 Å². The molecule has 0 spiro atoms. The average molecular weight is 505 g/mol. The SMILES string of the molecule is COc1cc(S(=O)(=O)N[C@@H]2CCc3c(C)ccc(N4CCN(C)CC4)c3C2)c(OC)cc1[N+](=O)[O-]. The summed E-state index contributed by atoms with van der Waals surface area (Å²) in [5.74, 6) is -0.242. The minimum Gasteiger partial charge on any atom is -0.495 e. The third-order valence-corrected chi connectivity index (χ3v) is 8.49. The number of ether oxygens (including phenoxy) is 2. The summed E-state index contributed by atoms with van der Waals surface area (Å²) in [7, 11) is 0.633. The summed E-state index contributed by atoms with van der Waals surface area (Å²) < 4.78 is 39.9. The maximum atomic E-state index is 13.4. The average Bonchev–Trinajstić information content (AvgIpc) is 2.83. The number of aryl methyl sites for hydroxylation is 1. The highest BCUT2D eigenvalue weighted by Crippen LogP contribution is 2.38. The monoisotopic (exact) mass is 504 g/mol. The molecule has 0 radical (unpaired) electrons. The molecule has 0 bridgehead atoms. The lowest BCUT2D eigenvalue weighted by molar-refractivity contribution is -0.385. The highest BCUT2D eigenvalue weighted by molar-refractivity contribution is 7.89. The lowest BCUT2D eigenvalue weighted by Crippen LogP contribution is -2.45. The quantitative estimate of drug-likeness (QED) is 0.452. The Hall–Kier alpha value is -2.89. The van der Waals surface area contributed by atoms with Crippen molar-refractivity contribution in [2.24, 2.45) is 0 Å². The number of hydrogen-bond donors (Lipinski definition) is 1. The van der Waals surface area contributed by atoms with Gasteiger partial charge in [0.2, 0.25) is 10.0 Å². The van der Waals surface area contributed by atoms with Gasteiger partial charge in [0, 0.05) is 44.0 Å². The molecule has 2 aromatic rings. The molecule has 1 aliphatic heterocycles. The number of nitrogens with one attached hydrogen (secondary N) is 1. The van der Waals surface area contributed by atoms with Crippen LogP contribution in [0.5, 0.6) is 11.5 Å². The van der Waals surface area contributed by atoms with Crippen molar-refractivity contribution in [1.29, 1.82) is 0 Å². The van der Waals surface area contributed by atoms with E-state index in [0.29, 0.717) is 12.8 Å². The van der Waals surface area contributed by atoms with Crippen LogP contribution in [0.2, 0.25) is 0 Å². The van der Waals surface area contributed by atoms with Gasteiger partial charge in [-0.15, -0.1) is 0 Å². The van der Waals surface area contributed by atoms with E-state index in [-0.39, 0.29) is 28.1 Å². The van der Waals surface area contributed by atoms with Crippen LogP contribution in [0.15, 0.2) is 29.2 Å². The van der Waals surface area contributed by atoms with Crippen molar-refractivity contribution < 1.29 is 22.8 Å². The Morgan fingerprint density at radius 2 is 1.74 bits per heavy atom. The number of anilines is 1. The standard InChI is InChI=1S/C24H32N4O6S/c1-16-5-8-20(27-11-9-26(2)10-12-27)19-13-17(6-7-18(16)19)25-35(31,32)24-15-22(33-3)21(28(29)30)14-23(24)34-4/h5,8,14-15,17,25H,6-7,9-13H2,1-4H3/t17-/m1/s1. The molecule has 1 fully saturated rings. The maximum Gasteiger partial charge on any atom is 0.314 e. The van der Waals surface area contributed by atoms with Crippen LogP contribution < -0.4 is 19.1 Å². The number of likely N-dealkylation sites (N-methyl/N-ethyl adjacent to an activating group) is 1. The number of nitrogens with zero attached hydrogens (tertiary/aromatic N) is 3. The molecule has 35 heavy (non-hydrogen) atoms. The number of sulfonamides is 1. The van der Waals surface area contributed by atoms with Gasteiger partial charge in [-0.3, -0.25) is 10.1 Å². The van der Waals surface area contributed by atoms with Crippen LogP contribution in [-0.2, 0) is 22.9 Å². The molecule has 0 amide bonds. The molecule has 0 saturated carbocycles. The molecule has 1 N–H and O–H groups in total. The zero-order valence-corrected chi connectivity index (χ0v) is 21.4. The molecular formula is C24H32N4O6S. The molecule has 2 aliphatic rings. The van der Waals surface area contributed by atoms with E-state index in [9.17, 15) is 18.5 Å². The molecule has 1 heterocycles. The van der Waals surface area contributed by atoms with Gasteiger partial charge >= 0.3 is 5.69 Å². The highest BCUT2D eigenvalue weighted by atomic mass is 32.2. The lowest BCUT2D eigenvalue weighted by Gasteiger charge is -2.37. The second-order valence-electron chi connectivity index (χ2n) is 9.14. The van der Waals surface area contributed by atoms with Crippen LogP contribution in [0, 0.1) is 17.0 Å². The molecule has 1 saturated heterocycles. The second kappa shape index (κ2) is 10.00. The number of hydrogen-bond acceptors (Lipinski definition) is 8. The van der Waals surface area contributed by atoms with E-state index in [1.54, 1.807) is 0 Å². The predicted octanol–water partition coefficient (Wildman–Crippen LogP) is 2.51. The van der Waals surface area contributed by atoms with Gasteiger partial charge < -0.3 is 19.3 Å². The number of piperazine rings is 1. The van der Waals surface area contributed by atoms with Crippen LogP contribution in [0.3, 0.4) is 0 Å². The Bertz CT molecular complexity index is 1230. The van der Waals surface area contributed by atoms with Crippen molar-refractivity contribution in [1.82, 2.24) is 9.62 Å². The van der Waals surface area contributed by atoms with Crippen molar-refractivity contribution in [2.75, 3.05) is 52.3 Å². The molecule has 10 nitrogen and oxygen atoms in total. The number of benzene rings is 2. The first-order chi connectivity index (χ1) is 16.6. The summed E-state index contributed by atoms with van der Waals surface area (Å²) in [6, 6.07) is 6.23. The van der Waals surface area contributed by atoms with Crippen LogP contribution >= 0.6 is 0 Å². The van der Waals surface area contributed by atoms with Crippen molar-refractivity contribution >= 4 is 21.4 Å². The van der Waals surface area contributed by atoms with Gasteiger partial charge in [-0.05, 0) is 56.0 Å². The predicted molar refractivity (Wildman–Crippen MR) is 133 cm³/mol. The van der Waals surface area contributed by atoms with Gasteiger partial charge in [0.15, 0.2) is 5.75 Å². The van der Waals surface area contributed by atoms with E-state index >= 15 is 0 Å². The van der Waals surface area contributed by atoms with Crippen LogP contribution in [0.1, 0.15) is 23.1 Å². The Morgan fingerprint density at radius 3 is 2.37 bits per heavy atom. The van der Waals surface area contributed by atoms with Gasteiger partial charge in [-0.2, -0.15) is 0 Å². The number of rotatable bonds is 7. The second-order valence-corrected chi connectivity index (χ2v) is 10.8. The van der Waals surface area contributed by atoms with E-state index in [1.807, 2.05) is 0 Å². The van der Waals surface area contributed by atoms with Crippen LogP contribution in [0.4, 0.5) is 11.4 Å². The van der Waals surface area contributed by atoms with E-state index in [4.69, 9.17) is 9.47 Å². The van der Waals surface area contributed by atoms with Crippen molar-refractivity contribution in [3.63, 3.8) is 0 Å². The molecule has 0 unspecified atom stereocenters. The molecule has 4 rings (SSSR count). The van der Waals surface area contributed by atoms with Crippen molar-refractivity contribution in [2.45, 2.75) is 37.1 Å². The molecule has 0 aromatic heterocycles. The summed E-state index contributed by atoms with van der Waals surface area (Å²) >= 11 is 0. The zero-order chi connectivity index (χ0) is 25.3. The Labute approximate surface area is 206 Å². The Kier molecular flexibility index (Phi) is 7.20. The van der Waals surface area contributed by atoms with Crippen LogP contribution in [0.25, 0.3) is 0 Å². The normalized spacial score (nSPS) is 18.7. The smallest absolute Gasteiger partial charge is 0.314 e. The van der Waals surface area contributed by atoms with Crippen molar-refractivity contribution in [3.8, 4) is 11.5 Å². The summed E-state index contributed by atoms with van der Waals surface area (Å²) in [6.45, 7) is 5.94.